The van der Waals surface area contributed by atoms with Gasteiger partial charge >= 0.3 is 0 Å². The van der Waals surface area contributed by atoms with E-state index in [2.05, 4.69) is 10.0 Å². The van der Waals surface area contributed by atoms with E-state index >= 15 is 0 Å². The molecule has 7 heteroatoms. The van der Waals surface area contributed by atoms with Gasteiger partial charge in [0.25, 0.3) is 15.9 Å². The summed E-state index contributed by atoms with van der Waals surface area (Å²) in [7, 11) is -2.11. The summed E-state index contributed by atoms with van der Waals surface area (Å²) in [6, 6.07) is 19.8. The third-order valence-electron chi connectivity index (χ3n) is 4.08. The lowest BCUT2D eigenvalue weighted by atomic mass is 10.2. The molecule has 0 radical (unpaired) electrons. The molecule has 0 spiro atoms. The van der Waals surface area contributed by atoms with Crippen molar-refractivity contribution in [1.82, 2.24) is 0 Å². The SMILES string of the molecule is COc1ccc(NC(=O)c2ccc(NS(=O)(=O)c3ccc(C)cc3)cc2)cc1. The molecule has 0 bridgehead atoms. The van der Waals surface area contributed by atoms with Gasteiger partial charge in [-0.2, -0.15) is 0 Å². The van der Waals surface area contributed by atoms with Crippen LogP contribution in [0.15, 0.2) is 77.7 Å². The maximum absolute atomic E-state index is 12.4. The van der Waals surface area contributed by atoms with E-state index < -0.39 is 10.0 Å². The van der Waals surface area contributed by atoms with Crippen LogP contribution in [0.3, 0.4) is 0 Å². The highest BCUT2D eigenvalue weighted by Gasteiger charge is 2.14. The molecule has 0 aliphatic heterocycles. The Morgan fingerprint density at radius 3 is 1.96 bits per heavy atom. The predicted octanol–water partition coefficient (Wildman–Crippen LogP) is 4.06. The minimum absolute atomic E-state index is 0.180. The first-order valence-corrected chi connectivity index (χ1v) is 10.0. The summed E-state index contributed by atoms with van der Waals surface area (Å²) >= 11 is 0. The molecule has 0 aromatic heterocycles. The molecule has 2 N–H and O–H groups in total. The summed E-state index contributed by atoms with van der Waals surface area (Å²) in [6.07, 6.45) is 0. The summed E-state index contributed by atoms with van der Waals surface area (Å²) in [5.41, 5.74) is 2.40. The van der Waals surface area contributed by atoms with Crippen LogP contribution in [-0.2, 0) is 10.0 Å². The fourth-order valence-corrected chi connectivity index (χ4v) is 3.56. The molecular formula is C21H20N2O4S. The Hall–Kier alpha value is -3.32. The smallest absolute Gasteiger partial charge is 0.261 e. The first kappa shape index (κ1) is 19.4. The Kier molecular flexibility index (Phi) is 5.65. The first-order chi connectivity index (χ1) is 13.4. The molecule has 0 aliphatic carbocycles. The van der Waals surface area contributed by atoms with Gasteiger partial charge in [-0.15, -0.1) is 0 Å². The molecule has 3 aromatic rings. The van der Waals surface area contributed by atoms with Crippen LogP contribution >= 0.6 is 0 Å². The lowest BCUT2D eigenvalue weighted by molar-refractivity contribution is 0.102. The summed E-state index contributed by atoms with van der Waals surface area (Å²) in [5, 5.41) is 2.78. The normalized spacial score (nSPS) is 10.9. The summed E-state index contributed by atoms with van der Waals surface area (Å²) in [6.45, 7) is 1.89. The average Bonchev–Trinajstić information content (AvgIpc) is 2.69. The van der Waals surface area contributed by atoms with Gasteiger partial charge < -0.3 is 10.1 Å². The van der Waals surface area contributed by atoms with E-state index in [1.165, 1.54) is 0 Å². The van der Waals surface area contributed by atoms with Crippen LogP contribution in [-0.4, -0.2) is 21.4 Å². The Morgan fingerprint density at radius 1 is 0.821 bits per heavy atom. The fraction of sp³-hybridized carbons (Fsp3) is 0.0952. The van der Waals surface area contributed by atoms with Gasteiger partial charge in [0.2, 0.25) is 0 Å². The number of nitrogens with one attached hydrogen (secondary N) is 2. The monoisotopic (exact) mass is 396 g/mol. The second-order valence-electron chi connectivity index (χ2n) is 6.18. The molecule has 28 heavy (non-hydrogen) atoms. The lowest BCUT2D eigenvalue weighted by Gasteiger charge is -2.10. The number of amides is 1. The standard InChI is InChI=1S/C21H20N2O4S/c1-15-3-13-20(14-4-15)28(25,26)23-18-7-5-16(6-8-18)21(24)22-17-9-11-19(27-2)12-10-17/h3-14,23H,1-2H3,(H,22,24). The molecule has 0 saturated carbocycles. The van der Waals surface area contributed by atoms with Crippen molar-refractivity contribution in [1.29, 1.82) is 0 Å². The van der Waals surface area contributed by atoms with Crippen molar-refractivity contribution < 1.29 is 17.9 Å². The van der Waals surface area contributed by atoms with E-state index in [4.69, 9.17) is 4.74 Å². The van der Waals surface area contributed by atoms with Crippen LogP contribution < -0.4 is 14.8 Å². The number of rotatable bonds is 6. The fourth-order valence-electron chi connectivity index (χ4n) is 2.50. The van der Waals surface area contributed by atoms with Gasteiger partial charge in [-0.25, -0.2) is 8.42 Å². The van der Waals surface area contributed by atoms with E-state index in [-0.39, 0.29) is 10.8 Å². The van der Waals surface area contributed by atoms with Crippen molar-refractivity contribution in [3.63, 3.8) is 0 Å². The van der Waals surface area contributed by atoms with Gasteiger partial charge in [0.05, 0.1) is 12.0 Å². The molecule has 0 atom stereocenters. The maximum Gasteiger partial charge on any atom is 0.261 e. The topological polar surface area (TPSA) is 84.5 Å². The van der Waals surface area contributed by atoms with E-state index in [0.29, 0.717) is 22.7 Å². The number of benzene rings is 3. The second-order valence-corrected chi connectivity index (χ2v) is 7.86. The molecule has 0 fully saturated rings. The highest BCUT2D eigenvalue weighted by molar-refractivity contribution is 7.92. The van der Waals surface area contributed by atoms with Gasteiger partial charge in [0.15, 0.2) is 0 Å². The molecule has 0 heterocycles. The number of sulfonamides is 1. The number of carbonyl (C=O) groups is 1. The zero-order valence-electron chi connectivity index (χ0n) is 15.5. The van der Waals surface area contributed by atoms with Crippen LogP contribution in [0.2, 0.25) is 0 Å². The van der Waals surface area contributed by atoms with E-state index in [0.717, 1.165) is 5.56 Å². The molecule has 3 aromatic carbocycles. The summed E-state index contributed by atoms with van der Waals surface area (Å²) in [4.78, 5) is 12.5. The van der Waals surface area contributed by atoms with Crippen LogP contribution in [0.5, 0.6) is 5.75 Å². The van der Waals surface area contributed by atoms with Gasteiger partial charge in [-0.1, -0.05) is 17.7 Å². The van der Waals surface area contributed by atoms with Gasteiger partial charge in [-0.05, 0) is 67.6 Å². The zero-order chi connectivity index (χ0) is 20.1. The number of ether oxygens (including phenoxy) is 1. The Morgan fingerprint density at radius 2 is 1.39 bits per heavy atom. The van der Waals surface area contributed by atoms with Crippen LogP contribution in [0.1, 0.15) is 15.9 Å². The Bertz CT molecular complexity index is 1060. The van der Waals surface area contributed by atoms with E-state index in [9.17, 15) is 13.2 Å². The van der Waals surface area contributed by atoms with Crippen molar-refractivity contribution in [3.05, 3.63) is 83.9 Å². The molecule has 3 rings (SSSR count). The maximum atomic E-state index is 12.4. The molecule has 6 nitrogen and oxygen atoms in total. The molecule has 0 unspecified atom stereocenters. The van der Waals surface area contributed by atoms with Crippen LogP contribution in [0, 0.1) is 6.92 Å². The molecule has 0 aliphatic rings. The number of hydrogen-bond donors (Lipinski definition) is 2. The highest BCUT2D eigenvalue weighted by Crippen LogP contribution is 2.19. The quantitative estimate of drug-likeness (QED) is 0.658. The van der Waals surface area contributed by atoms with Crippen molar-refractivity contribution in [2.45, 2.75) is 11.8 Å². The van der Waals surface area contributed by atoms with E-state index in [1.807, 2.05) is 6.92 Å². The molecular weight excluding hydrogens is 376 g/mol. The second kappa shape index (κ2) is 8.14. The van der Waals surface area contributed by atoms with Crippen molar-refractivity contribution in [2.24, 2.45) is 0 Å². The highest BCUT2D eigenvalue weighted by atomic mass is 32.2. The van der Waals surface area contributed by atoms with Crippen molar-refractivity contribution >= 4 is 27.3 Å². The Balaban J connectivity index is 1.68. The predicted molar refractivity (Wildman–Crippen MR) is 109 cm³/mol. The molecule has 144 valence electrons. The third-order valence-corrected chi connectivity index (χ3v) is 5.48. The van der Waals surface area contributed by atoms with Crippen LogP contribution in [0.25, 0.3) is 0 Å². The van der Waals surface area contributed by atoms with Gasteiger partial charge in [0, 0.05) is 16.9 Å². The number of aryl methyl sites for hydroxylation is 1. The molecule has 0 saturated heterocycles. The third kappa shape index (κ3) is 4.69. The number of anilines is 2. The number of carbonyl (C=O) groups excluding carboxylic acids is 1. The Labute approximate surface area is 164 Å². The van der Waals surface area contributed by atoms with Crippen molar-refractivity contribution in [2.75, 3.05) is 17.1 Å². The molecule has 1 amide bonds. The summed E-state index contributed by atoms with van der Waals surface area (Å²) in [5.74, 6) is 0.404. The van der Waals surface area contributed by atoms with E-state index in [1.54, 1.807) is 79.9 Å². The minimum Gasteiger partial charge on any atom is -0.497 e. The van der Waals surface area contributed by atoms with Crippen LogP contribution in [0.4, 0.5) is 11.4 Å². The lowest BCUT2D eigenvalue weighted by Crippen LogP contribution is -2.14. The number of methoxy groups -OCH3 is 1. The first-order valence-electron chi connectivity index (χ1n) is 8.52. The zero-order valence-corrected chi connectivity index (χ0v) is 16.3. The average molecular weight is 396 g/mol. The summed E-state index contributed by atoms with van der Waals surface area (Å²) < 4.78 is 32.4. The van der Waals surface area contributed by atoms with Gasteiger partial charge in [-0.3, -0.25) is 9.52 Å². The number of hydrogen-bond acceptors (Lipinski definition) is 4. The van der Waals surface area contributed by atoms with Crippen molar-refractivity contribution in [3.8, 4) is 5.75 Å². The minimum atomic E-state index is -3.68. The van der Waals surface area contributed by atoms with Gasteiger partial charge in [0.1, 0.15) is 5.75 Å². The largest absolute Gasteiger partial charge is 0.497 e.